The Labute approximate surface area is 255 Å². The van der Waals surface area contributed by atoms with Gasteiger partial charge in [-0.3, -0.25) is 15.0 Å². The highest BCUT2D eigenvalue weighted by molar-refractivity contribution is 5.78. The van der Waals surface area contributed by atoms with E-state index in [9.17, 15) is 22.0 Å². The SMILES string of the molecule is C=C(F)/C(=C\C)COc1ccc(F)c(C2CCN(Cc3nc4cc(-c5n[nH]c(C(F)(F)F)n5)ncc4n3C[C@@H]3CCO3)CC2)n1. The van der Waals surface area contributed by atoms with Gasteiger partial charge in [-0.05, 0) is 51.4 Å². The first kappa shape index (κ1) is 30.8. The van der Waals surface area contributed by atoms with Crippen molar-refractivity contribution in [1.82, 2.24) is 39.6 Å². The molecular weight excluding hydrogens is 599 g/mol. The molecule has 238 valence electrons. The van der Waals surface area contributed by atoms with Crippen LogP contribution < -0.4 is 4.74 Å². The van der Waals surface area contributed by atoms with Crippen LogP contribution in [0.1, 0.15) is 49.4 Å². The van der Waals surface area contributed by atoms with Crippen molar-refractivity contribution in [2.75, 3.05) is 26.3 Å². The van der Waals surface area contributed by atoms with Crippen LogP contribution in [-0.4, -0.2) is 72.0 Å². The van der Waals surface area contributed by atoms with Crippen molar-refractivity contribution in [3.63, 3.8) is 0 Å². The summed E-state index contributed by atoms with van der Waals surface area (Å²) in [6.07, 6.45) is 0.729. The van der Waals surface area contributed by atoms with Crippen LogP contribution in [-0.2, 0) is 24.0 Å². The molecule has 2 aliphatic heterocycles. The zero-order valence-corrected chi connectivity index (χ0v) is 24.4. The van der Waals surface area contributed by atoms with E-state index in [-0.39, 0.29) is 36.0 Å². The summed E-state index contributed by atoms with van der Waals surface area (Å²) in [5, 5.41) is 5.60. The fourth-order valence-electron chi connectivity index (χ4n) is 5.50. The number of aromatic nitrogens is 7. The van der Waals surface area contributed by atoms with Gasteiger partial charge in [0.25, 0.3) is 0 Å². The third-order valence-corrected chi connectivity index (χ3v) is 8.14. The van der Waals surface area contributed by atoms with Crippen LogP contribution in [0.5, 0.6) is 5.88 Å². The number of rotatable bonds is 10. The highest BCUT2D eigenvalue weighted by atomic mass is 19.4. The molecule has 2 aliphatic rings. The normalized spacial score (nSPS) is 18.4. The second-order valence-corrected chi connectivity index (χ2v) is 11.1. The smallest absolute Gasteiger partial charge is 0.451 e. The monoisotopic (exact) mass is 630 g/mol. The predicted octanol–water partition coefficient (Wildman–Crippen LogP) is 5.75. The third kappa shape index (κ3) is 6.73. The van der Waals surface area contributed by atoms with Crippen molar-refractivity contribution in [3.05, 3.63) is 71.6 Å². The van der Waals surface area contributed by atoms with Crippen molar-refractivity contribution >= 4 is 11.0 Å². The molecule has 15 heteroatoms. The minimum atomic E-state index is -4.65. The van der Waals surface area contributed by atoms with E-state index in [0.29, 0.717) is 62.4 Å². The Morgan fingerprint density at radius 1 is 1.18 bits per heavy atom. The van der Waals surface area contributed by atoms with Crippen molar-refractivity contribution in [1.29, 1.82) is 0 Å². The number of nitrogens with one attached hydrogen (secondary N) is 1. The lowest BCUT2D eigenvalue weighted by Gasteiger charge is -2.32. The molecule has 4 aromatic heterocycles. The molecule has 6 heterocycles. The van der Waals surface area contributed by atoms with E-state index in [0.717, 1.165) is 17.8 Å². The van der Waals surface area contributed by atoms with E-state index in [1.165, 1.54) is 12.1 Å². The van der Waals surface area contributed by atoms with Gasteiger partial charge in [0.1, 0.15) is 29.8 Å². The summed E-state index contributed by atoms with van der Waals surface area (Å²) in [4.78, 5) is 19.3. The van der Waals surface area contributed by atoms with Gasteiger partial charge in [-0.15, -0.1) is 0 Å². The fraction of sp³-hybridized carbons (Fsp3) is 0.433. The summed E-state index contributed by atoms with van der Waals surface area (Å²) in [6, 6.07) is 4.33. The zero-order valence-electron chi connectivity index (χ0n) is 24.4. The van der Waals surface area contributed by atoms with Crippen LogP contribution in [0.3, 0.4) is 0 Å². The molecule has 10 nitrogen and oxygen atoms in total. The molecule has 0 amide bonds. The number of imidazole rings is 1. The number of hydrogen-bond donors (Lipinski definition) is 1. The van der Waals surface area contributed by atoms with E-state index < -0.39 is 23.6 Å². The van der Waals surface area contributed by atoms with Gasteiger partial charge >= 0.3 is 6.18 Å². The van der Waals surface area contributed by atoms with Crippen LogP contribution >= 0.6 is 0 Å². The van der Waals surface area contributed by atoms with Crippen molar-refractivity contribution in [2.45, 2.75) is 57.5 Å². The van der Waals surface area contributed by atoms with Crippen molar-refractivity contribution in [3.8, 4) is 17.4 Å². The fourth-order valence-corrected chi connectivity index (χ4v) is 5.50. The van der Waals surface area contributed by atoms with Gasteiger partial charge in [0.15, 0.2) is 5.82 Å². The lowest BCUT2D eigenvalue weighted by Crippen LogP contribution is -2.35. The summed E-state index contributed by atoms with van der Waals surface area (Å²) >= 11 is 0. The Balaban J connectivity index is 1.16. The molecule has 0 bridgehead atoms. The first-order chi connectivity index (χ1) is 21.6. The zero-order chi connectivity index (χ0) is 31.7. The quantitative estimate of drug-likeness (QED) is 0.175. The predicted molar refractivity (Wildman–Crippen MR) is 153 cm³/mol. The molecule has 0 spiro atoms. The van der Waals surface area contributed by atoms with Crippen LogP contribution in [0.15, 0.2) is 48.5 Å². The number of likely N-dealkylation sites (tertiary alicyclic amines) is 1. The number of alkyl halides is 3. The highest BCUT2D eigenvalue weighted by Crippen LogP contribution is 2.32. The molecule has 2 saturated heterocycles. The number of allylic oxidation sites excluding steroid dienone is 1. The van der Waals surface area contributed by atoms with Crippen molar-refractivity contribution in [2.24, 2.45) is 0 Å². The number of nitrogens with zero attached hydrogens (tertiary/aromatic N) is 7. The molecule has 4 aromatic rings. The van der Waals surface area contributed by atoms with E-state index in [1.807, 2.05) is 9.67 Å². The summed E-state index contributed by atoms with van der Waals surface area (Å²) in [5.74, 6) is -1.52. The maximum Gasteiger partial charge on any atom is 0.451 e. The second kappa shape index (κ2) is 12.6. The summed E-state index contributed by atoms with van der Waals surface area (Å²) in [7, 11) is 0. The topological polar surface area (TPSA) is 107 Å². The molecule has 1 N–H and O–H groups in total. The number of fused-ring (bicyclic) bond motifs is 1. The van der Waals surface area contributed by atoms with E-state index in [2.05, 4.69) is 31.5 Å². The Hall–Kier alpha value is -4.24. The van der Waals surface area contributed by atoms with E-state index in [1.54, 1.807) is 25.3 Å². The first-order valence-electron chi connectivity index (χ1n) is 14.6. The molecule has 0 aromatic carbocycles. The molecule has 45 heavy (non-hydrogen) atoms. The molecular formula is C30H31F5N8O2. The number of hydrogen-bond acceptors (Lipinski definition) is 8. The number of H-pyrrole nitrogens is 1. The van der Waals surface area contributed by atoms with Crippen LogP contribution in [0.4, 0.5) is 22.0 Å². The van der Waals surface area contributed by atoms with Gasteiger partial charge in [-0.25, -0.2) is 23.7 Å². The van der Waals surface area contributed by atoms with E-state index >= 15 is 0 Å². The lowest BCUT2D eigenvalue weighted by atomic mass is 9.92. The Morgan fingerprint density at radius 2 is 1.96 bits per heavy atom. The van der Waals surface area contributed by atoms with Crippen LogP contribution in [0.2, 0.25) is 0 Å². The molecule has 0 unspecified atom stereocenters. The van der Waals surface area contributed by atoms with Gasteiger partial charge in [-0.1, -0.05) is 12.7 Å². The lowest BCUT2D eigenvalue weighted by molar-refractivity contribution is -0.144. The highest BCUT2D eigenvalue weighted by Gasteiger charge is 2.35. The average molecular weight is 631 g/mol. The molecule has 1 atom stereocenters. The minimum absolute atomic E-state index is 0.0318. The molecule has 0 radical (unpaired) electrons. The minimum Gasteiger partial charge on any atom is -0.473 e. The molecule has 2 fully saturated rings. The number of pyridine rings is 2. The molecule has 0 aliphatic carbocycles. The Kier molecular flexibility index (Phi) is 8.64. The largest absolute Gasteiger partial charge is 0.473 e. The molecule has 6 rings (SSSR count). The van der Waals surface area contributed by atoms with E-state index in [4.69, 9.17) is 14.5 Å². The maximum absolute atomic E-state index is 14.8. The van der Waals surface area contributed by atoms with Crippen LogP contribution in [0, 0.1) is 5.82 Å². The number of aromatic amines is 1. The Bertz CT molecular complexity index is 1720. The second-order valence-electron chi connectivity index (χ2n) is 11.1. The van der Waals surface area contributed by atoms with Gasteiger partial charge in [0.2, 0.25) is 11.7 Å². The Morgan fingerprint density at radius 3 is 2.60 bits per heavy atom. The maximum atomic E-state index is 14.8. The summed E-state index contributed by atoms with van der Waals surface area (Å²) in [5.41, 5.74) is 2.07. The summed E-state index contributed by atoms with van der Waals surface area (Å²) in [6.45, 7) is 7.98. The number of halogens is 5. The standard InChI is InChI=1S/C30H31F5N8O2/c1-3-18(17(2)31)16-45-26-5-4-21(32)27(38-26)19-6-9-42(10-7-19)15-25-37-22-12-23(28-39-29(41-40-28)30(33,34)35)36-13-24(22)43(25)14-20-8-11-44-20/h3-5,12-13,19-20H,2,6-11,14-16H2,1H3,(H,39,40,41)/b18-3-/t20-/m0/s1. The van der Waals surface area contributed by atoms with Gasteiger partial charge in [-0.2, -0.15) is 18.3 Å². The number of piperidine rings is 1. The number of ether oxygens (including phenoxy) is 2. The third-order valence-electron chi connectivity index (χ3n) is 8.14. The molecule has 0 saturated carbocycles. The first-order valence-corrected chi connectivity index (χ1v) is 14.6. The van der Waals surface area contributed by atoms with Crippen molar-refractivity contribution < 1.29 is 31.4 Å². The van der Waals surface area contributed by atoms with Gasteiger partial charge in [0, 0.05) is 24.2 Å². The van der Waals surface area contributed by atoms with Gasteiger partial charge < -0.3 is 14.0 Å². The average Bonchev–Trinajstić information content (AvgIpc) is 3.62. The summed E-state index contributed by atoms with van der Waals surface area (Å²) < 4.78 is 80.7. The van der Waals surface area contributed by atoms with Crippen LogP contribution in [0.25, 0.3) is 22.6 Å². The van der Waals surface area contributed by atoms with Gasteiger partial charge in [0.05, 0.1) is 42.1 Å².